The molecule has 104 valence electrons. The maximum absolute atomic E-state index is 11.4. The minimum Gasteiger partial charge on any atom is -0.481 e. The van der Waals surface area contributed by atoms with E-state index in [1.54, 1.807) is 6.92 Å². The summed E-state index contributed by atoms with van der Waals surface area (Å²) < 4.78 is 4.70. The van der Waals surface area contributed by atoms with E-state index in [0.29, 0.717) is 19.4 Å². The predicted octanol–water partition coefficient (Wildman–Crippen LogP) is 1.09. The van der Waals surface area contributed by atoms with Gasteiger partial charge in [-0.1, -0.05) is 0 Å². The van der Waals surface area contributed by atoms with E-state index in [9.17, 15) is 14.4 Å². The third kappa shape index (κ3) is 9.62. The Morgan fingerprint density at radius 1 is 1.22 bits per heavy atom. The summed E-state index contributed by atoms with van der Waals surface area (Å²) in [7, 11) is 0. The summed E-state index contributed by atoms with van der Waals surface area (Å²) in [4.78, 5) is 32.7. The van der Waals surface area contributed by atoms with Gasteiger partial charge in [0.1, 0.15) is 0 Å². The third-order valence-electron chi connectivity index (χ3n) is 2.30. The molecule has 6 heteroatoms. The molecule has 0 aromatic rings. The quantitative estimate of drug-likeness (QED) is 0.605. The van der Waals surface area contributed by atoms with Crippen molar-refractivity contribution in [2.75, 3.05) is 6.61 Å². The Morgan fingerprint density at radius 2 is 1.89 bits per heavy atom. The molecule has 0 fully saturated rings. The first-order valence-corrected chi connectivity index (χ1v) is 6.12. The number of hydrogen-bond donors (Lipinski definition) is 2. The summed E-state index contributed by atoms with van der Waals surface area (Å²) in [5.41, 5.74) is 0. The van der Waals surface area contributed by atoms with Gasteiger partial charge in [-0.15, -0.1) is 0 Å². The highest BCUT2D eigenvalue weighted by Crippen LogP contribution is 2.01. The van der Waals surface area contributed by atoms with Crippen LogP contribution in [0.5, 0.6) is 0 Å². The molecule has 0 aliphatic carbocycles. The van der Waals surface area contributed by atoms with E-state index in [2.05, 4.69) is 5.32 Å². The molecule has 2 N–H and O–H groups in total. The Labute approximate surface area is 107 Å². The molecular weight excluding hydrogens is 238 g/mol. The van der Waals surface area contributed by atoms with E-state index >= 15 is 0 Å². The largest absolute Gasteiger partial charge is 0.481 e. The molecular formula is C12H21NO5. The van der Waals surface area contributed by atoms with Gasteiger partial charge in [-0.25, -0.2) is 0 Å². The average molecular weight is 259 g/mol. The number of carboxylic acid groups (broad SMARTS) is 1. The van der Waals surface area contributed by atoms with E-state index in [1.165, 1.54) is 0 Å². The smallest absolute Gasteiger partial charge is 0.306 e. The summed E-state index contributed by atoms with van der Waals surface area (Å²) >= 11 is 0. The van der Waals surface area contributed by atoms with E-state index < -0.39 is 5.97 Å². The topological polar surface area (TPSA) is 92.7 Å². The van der Waals surface area contributed by atoms with Gasteiger partial charge in [-0.2, -0.15) is 0 Å². The second kappa shape index (κ2) is 9.44. The van der Waals surface area contributed by atoms with Gasteiger partial charge in [0.25, 0.3) is 0 Å². The van der Waals surface area contributed by atoms with Crippen LogP contribution >= 0.6 is 0 Å². The van der Waals surface area contributed by atoms with Crippen LogP contribution in [0, 0.1) is 0 Å². The van der Waals surface area contributed by atoms with Gasteiger partial charge in [0, 0.05) is 18.9 Å². The zero-order valence-corrected chi connectivity index (χ0v) is 10.9. The summed E-state index contributed by atoms with van der Waals surface area (Å²) in [5.74, 6) is -1.44. The van der Waals surface area contributed by atoms with Crippen LogP contribution in [0.1, 0.15) is 46.0 Å². The number of carbonyl (C=O) groups is 3. The van der Waals surface area contributed by atoms with Crippen LogP contribution in [-0.4, -0.2) is 35.6 Å². The van der Waals surface area contributed by atoms with Crippen molar-refractivity contribution in [1.82, 2.24) is 5.32 Å². The number of amides is 1. The van der Waals surface area contributed by atoms with Crippen molar-refractivity contribution in [3.8, 4) is 0 Å². The average Bonchev–Trinajstić information content (AvgIpc) is 2.26. The van der Waals surface area contributed by atoms with Gasteiger partial charge in [-0.3, -0.25) is 14.4 Å². The molecule has 1 atom stereocenters. The lowest BCUT2D eigenvalue weighted by Gasteiger charge is -2.12. The van der Waals surface area contributed by atoms with Crippen LogP contribution in [0.2, 0.25) is 0 Å². The van der Waals surface area contributed by atoms with Gasteiger partial charge in [-0.05, 0) is 26.7 Å². The Hall–Kier alpha value is -1.59. The monoisotopic (exact) mass is 259 g/mol. The first-order valence-electron chi connectivity index (χ1n) is 6.12. The number of rotatable bonds is 9. The zero-order chi connectivity index (χ0) is 14.0. The molecule has 18 heavy (non-hydrogen) atoms. The Bertz CT molecular complexity index is 290. The molecule has 1 amide bonds. The summed E-state index contributed by atoms with van der Waals surface area (Å²) in [6, 6.07) is -0.0842. The second-order valence-electron chi connectivity index (χ2n) is 4.06. The van der Waals surface area contributed by atoms with E-state index in [1.807, 2.05) is 6.92 Å². The molecule has 0 saturated heterocycles. The van der Waals surface area contributed by atoms with Gasteiger partial charge in [0.2, 0.25) is 5.91 Å². The molecule has 0 aromatic carbocycles. The van der Waals surface area contributed by atoms with Crippen molar-refractivity contribution >= 4 is 17.8 Å². The zero-order valence-electron chi connectivity index (χ0n) is 10.9. The second-order valence-corrected chi connectivity index (χ2v) is 4.06. The van der Waals surface area contributed by atoms with Crippen molar-refractivity contribution in [2.24, 2.45) is 0 Å². The van der Waals surface area contributed by atoms with Gasteiger partial charge in [0.05, 0.1) is 13.0 Å². The number of aliphatic carboxylic acids is 1. The number of carbonyl (C=O) groups excluding carboxylic acids is 2. The highest BCUT2D eigenvalue weighted by Gasteiger charge is 2.10. The first kappa shape index (κ1) is 16.4. The molecule has 0 spiro atoms. The molecule has 0 aliphatic rings. The number of esters is 1. The number of ether oxygens (including phenoxy) is 1. The van der Waals surface area contributed by atoms with Crippen molar-refractivity contribution in [1.29, 1.82) is 0 Å². The SMILES string of the molecule is CCOC(=O)CCC(=O)NC(C)CCCC(=O)O. The van der Waals surface area contributed by atoms with E-state index in [-0.39, 0.29) is 37.2 Å². The summed E-state index contributed by atoms with van der Waals surface area (Å²) in [6.07, 6.45) is 1.40. The van der Waals surface area contributed by atoms with Crippen LogP contribution < -0.4 is 5.32 Å². The molecule has 0 bridgehead atoms. The molecule has 0 radical (unpaired) electrons. The number of hydrogen-bond acceptors (Lipinski definition) is 4. The third-order valence-corrected chi connectivity index (χ3v) is 2.30. The fraction of sp³-hybridized carbons (Fsp3) is 0.750. The van der Waals surface area contributed by atoms with Crippen molar-refractivity contribution < 1.29 is 24.2 Å². The maximum Gasteiger partial charge on any atom is 0.306 e. The lowest BCUT2D eigenvalue weighted by molar-refractivity contribution is -0.144. The van der Waals surface area contributed by atoms with Crippen LogP contribution in [0.4, 0.5) is 0 Å². The van der Waals surface area contributed by atoms with Gasteiger partial charge in [0.15, 0.2) is 0 Å². The molecule has 0 aliphatic heterocycles. The van der Waals surface area contributed by atoms with Crippen LogP contribution in [-0.2, 0) is 19.1 Å². The Kier molecular flexibility index (Phi) is 8.61. The van der Waals surface area contributed by atoms with Crippen molar-refractivity contribution in [3.05, 3.63) is 0 Å². The first-order chi connectivity index (χ1) is 8.45. The Balaban J connectivity index is 3.67. The maximum atomic E-state index is 11.4. The minimum absolute atomic E-state index is 0.0710. The standard InChI is InChI=1S/C12H21NO5/c1-3-18-12(17)8-7-10(14)13-9(2)5-4-6-11(15)16/h9H,3-8H2,1-2H3,(H,13,14)(H,15,16). The molecule has 6 nitrogen and oxygen atoms in total. The lowest BCUT2D eigenvalue weighted by atomic mass is 10.1. The van der Waals surface area contributed by atoms with E-state index in [0.717, 1.165) is 0 Å². The number of carboxylic acids is 1. The molecule has 0 heterocycles. The van der Waals surface area contributed by atoms with Gasteiger partial charge >= 0.3 is 11.9 Å². The van der Waals surface area contributed by atoms with Crippen LogP contribution in [0.3, 0.4) is 0 Å². The number of nitrogens with one attached hydrogen (secondary N) is 1. The predicted molar refractivity (Wildman–Crippen MR) is 65.0 cm³/mol. The van der Waals surface area contributed by atoms with Crippen LogP contribution in [0.15, 0.2) is 0 Å². The fourth-order valence-corrected chi connectivity index (χ4v) is 1.43. The molecule has 0 rings (SSSR count). The lowest BCUT2D eigenvalue weighted by Crippen LogP contribution is -2.32. The summed E-state index contributed by atoms with van der Waals surface area (Å²) in [5, 5.41) is 11.2. The minimum atomic E-state index is -0.837. The highest BCUT2D eigenvalue weighted by molar-refractivity contribution is 5.81. The van der Waals surface area contributed by atoms with Crippen molar-refractivity contribution in [2.45, 2.75) is 52.0 Å². The summed E-state index contributed by atoms with van der Waals surface area (Å²) in [6.45, 7) is 3.83. The Morgan fingerprint density at radius 3 is 2.44 bits per heavy atom. The fourth-order valence-electron chi connectivity index (χ4n) is 1.43. The molecule has 0 saturated carbocycles. The van der Waals surface area contributed by atoms with Crippen molar-refractivity contribution in [3.63, 3.8) is 0 Å². The van der Waals surface area contributed by atoms with Gasteiger partial charge < -0.3 is 15.2 Å². The normalized spacial score (nSPS) is 11.7. The van der Waals surface area contributed by atoms with E-state index in [4.69, 9.17) is 9.84 Å². The van der Waals surface area contributed by atoms with Crippen LogP contribution in [0.25, 0.3) is 0 Å². The highest BCUT2D eigenvalue weighted by atomic mass is 16.5. The molecule has 1 unspecified atom stereocenters. The molecule has 0 aromatic heterocycles.